The molecular weight excluding hydrogens is 216 g/mol. The highest BCUT2D eigenvalue weighted by molar-refractivity contribution is 7.09. The molecule has 0 amide bonds. The van der Waals surface area contributed by atoms with Gasteiger partial charge in [0.25, 0.3) is 0 Å². The van der Waals surface area contributed by atoms with Gasteiger partial charge in [-0.2, -0.15) is 0 Å². The largest absolute Gasteiger partial charge is 0.309 e. The van der Waals surface area contributed by atoms with Crippen molar-refractivity contribution in [3.8, 4) is 0 Å². The minimum absolute atomic E-state index is 0.413. The molecular formula is C10H15ClN2S. The molecule has 1 saturated carbocycles. The Morgan fingerprint density at radius 3 is 2.86 bits per heavy atom. The summed E-state index contributed by atoms with van der Waals surface area (Å²) in [6.07, 6.45) is 6.68. The van der Waals surface area contributed by atoms with Gasteiger partial charge in [-0.25, -0.2) is 0 Å². The van der Waals surface area contributed by atoms with E-state index in [0.29, 0.717) is 11.4 Å². The molecule has 0 aromatic carbocycles. The minimum Gasteiger partial charge on any atom is -0.309 e. The third kappa shape index (κ3) is 2.94. The van der Waals surface area contributed by atoms with E-state index in [1.807, 2.05) is 11.7 Å². The first-order valence-electron chi connectivity index (χ1n) is 5.09. The molecule has 1 aliphatic rings. The summed E-state index contributed by atoms with van der Waals surface area (Å²) in [5, 5.41) is 3.97. The molecule has 0 radical (unpaired) electrons. The van der Waals surface area contributed by atoms with Crippen LogP contribution in [-0.4, -0.2) is 16.4 Å². The maximum Gasteiger partial charge on any atom is 0.0794 e. The monoisotopic (exact) mass is 230 g/mol. The highest BCUT2D eigenvalue weighted by Gasteiger charge is 2.18. The average Bonchev–Trinajstić information content (AvgIpc) is 2.70. The third-order valence-corrected chi connectivity index (χ3v) is 3.92. The number of nitrogens with zero attached hydrogens (tertiary/aromatic N) is 1. The second kappa shape index (κ2) is 5.10. The Labute approximate surface area is 93.7 Å². The fourth-order valence-corrected chi connectivity index (χ4v) is 2.63. The first kappa shape index (κ1) is 10.4. The van der Waals surface area contributed by atoms with E-state index < -0.39 is 0 Å². The van der Waals surface area contributed by atoms with Crippen LogP contribution in [0, 0.1) is 0 Å². The quantitative estimate of drug-likeness (QED) is 0.808. The van der Waals surface area contributed by atoms with Crippen LogP contribution in [0.25, 0.3) is 0 Å². The molecule has 1 aromatic rings. The SMILES string of the molecule is ClC1CCC(NCc2cncs2)CC1. The Kier molecular flexibility index (Phi) is 3.79. The molecule has 1 aliphatic carbocycles. The summed E-state index contributed by atoms with van der Waals surface area (Å²) < 4.78 is 0. The first-order chi connectivity index (χ1) is 6.84. The molecule has 78 valence electrons. The standard InChI is InChI=1S/C10H15ClN2S/c11-8-1-3-9(4-2-8)13-6-10-5-12-7-14-10/h5,7-9,13H,1-4,6H2. The van der Waals surface area contributed by atoms with Crippen LogP contribution >= 0.6 is 22.9 Å². The predicted octanol–water partition coefficient (Wildman–Crippen LogP) is 2.78. The lowest BCUT2D eigenvalue weighted by molar-refractivity contribution is 0.377. The molecule has 2 rings (SSSR count). The Morgan fingerprint density at radius 2 is 2.21 bits per heavy atom. The molecule has 0 unspecified atom stereocenters. The molecule has 0 bridgehead atoms. The van der Waals surface area contributed by atoms with Gasteiger partial charge in [0, 0.05) is 29.0 Å². The molecule has 1 aromatic heterocycles. The molecule has 14 heavy (non-hydrogen) atoms. The van der Waals surface area contributed by atoms with Crippen LogP contribution in [0.2, 0.25) is 0 Å². The summed E-state index contributed by atoms with van der Waals surface area (Å²) in [5.41, 5.74) is 1.88. The Balaban J connectivity index is 1.71. The number of thiazole rings is 1. The van der Waals surface area contributed by atoms with Crippen LogP contribution in [0.3, 0.4) is 0 Å². The maximum absolute atomic E-state index is 6.05. The fraction of sp³-hybridized carbons (Fsp3) is 0.700. The maximum atomic E-state index is 6.05. The number of rotatable bonds is 3. The van der Waals surface area contributed by atoms with Gasteiger partial charge in [-0.05, 0) is 25.7 Å². The molecule has 1 heterocycles. The summed E-state index contributed by atoms with van der Waals surface area (Å²) in [6.45, 7) is 0.961. The van der Waals surface area contributed by atoms with E-state index in [1.165, 1.54) is 17.7 Å². The van der Waals surface area contributed by atoms with Crippen molar-refractivity contribution in [2.45, 2.75) is 43.6 Å². The number of alkyl halides is 1. The van der Waals surface area contributed by atoms with E-state index in [1.54, 1.807) is 11.3 Å². The molecule has 2 nitrogen and oxygen atoms in total. The van der Waals surface area contributed by atoms with Crippen LogP contribution in [-0.2, 0) is 6.54 Å². The van der Waals surface area contributed by atoms with Crippen molar-refractivity contribution in [2.24, 2.45) is 0 Å². The summed E-state index contributed by atoms with van der Waals surface area (Å²) in [5.74, 6) is 0. The zero-order valence-electron chi connectivity index (χ0n) is 8.08. The van der Waals surface area contributed by atoms with Gasteiger partial charge in [0.15, 0.2) is 0 Å². The lowest BCUT2D eigenvalue weighted by Crippen LogP contribution is -2.32. The van der Waals surface area contributed by atoms with Gasteiger partial charge >= 0.3 is 0 Å². The summed E-state index contributed by atoms with van der Waals surface area (Å²) in [4.78, 5) is 5.37. The Bertz CT molecular complexity index is 255. The minimum atomic E-state index is 0.413. The Hall–Kier alpha value is -0.120. The van der Waals surface area contributed by atoms with Gasteiger partial charge in [0.05, 0.1) is 5.51 Å². The zero-order chi connectivity index (χ0) is 9.80. The molecule has 0 saturated heterocycles. The van der Waals surface area contributed by atoms with Gasteiger partial charge in [-0.1, -0.05) is 0 Å². The zero-order valence-corrected chi connectivity index (χ0v) is 9.65. The van der Waals surface area contributed by atoms with Crippen LogP contribution in [0.1, 0.15) is 30.6 Å². The molecule has 0 spiro atoms. The van der Waals surface area contributed by atoms with Crippen molar-refractivity contribution >= 4 is 22.9 Å². The lowest BCUT2D eigenvalue weighted by atomic mass is 9.95. The van der Waals surface area contributed by atoms with Gasteiger partial charge < -0.3 is 5.32 Å². The van der Waals surface area contributed by atoms with Gasteiger partial charge in [-0.15, -0.1) is 22.9 Å². The van der Waals surface area contributed by atoms with Gasteiger partial charge in [0.1, 0.15) is 0 Å². The summed E-state index contributed by atoms with van der Waals surface area (Å²) in [6, 6.07) is 0.659. The van der Waals surface area contributed by atoms with Crippen LogP contribution in [0.5, 0.6) is 0 Å². The molecule has 1 N–H and O–H groups in total. The van der Waals surface area contributed by atoms with Crippen LogP contribution in [0.4, 0.5) is 0 Å². The normalized spacial score (nSPS) is 27.8. The van der Waals surface area contributed by atoms with Crippen molar-refractivity contribution in [3.63, 3.8) is 0 Å². The van der Waals surface area contributed by atoms with Gasteiger partial charge in [0.2, 0.25) is 0 Å². The van der Waals surface area contributed by atoms with Gasteiger partial charge in [-0.3, -0.25) is 4.98 Å². The fourth-order valence-electron chi connectivity index (χ4n) is 1.83. The van der Waals surface area contributed by atoms with E-state index in [0.717, 1.165) is 19.4 Å². The van der Waals surface area contributed by atoms with Crippen LogP contribution in [0.15, 0.2) is 11.7 Å². The Morgan fingerprint density at radius 1 is 1.43 bits per heavy atom. The van der Waals surface area contributed by atoms with E-state index in [2.05, 4.69) is 10.3 Å². The van der Waals surface area contributed by atoms with E-state index in [-0.39, 0.29) is 0 Å². The number of hydrogen-bond donors (Lipinski definition) is 1. The van der Waals surface area contributed by atoms with Crippen molar-refractivity contribution in [3.05, 3.63) is 16.6 Å². The number of halogens is 1. The molecule has 4 heteroatoms. The second-order valence-electron chi connectivity index (χ2n) is 3.80. The number of nitrogens with one attached hydrogen (secondary N) is 1. The smallest absolute Gasteiger partial charge is 0.0794 e. The van der Waals surface area contributed by atoms with Crippen molar-refractivity contribution < 1.29 is 0 Å². The third-order valence-electron chi connectivity index (χ3n) is 2.71. The van der Waals surface area contributed by atoms with Crippen molar-refractivity contribution in [2.75, 3.05) is 0 Å². The van der Waals surface area contributed by atoms with Crippen molar-refractivity contribution in [1.82, 2.24) is 10.3 Å². The predicted molar refractivity (Wildman–Crippen MR) is 60.9 cm³/mol. The molecule has 0 atom stereocenters. The molecule has 0 aliphatic heterocycles. The van der Waals surface area contributed by atoms with Crippen LogP contribution < -0.4 is 5.32 Å². The summed E-state index contributed by atoms with van der Waals surface area (Å²) in [7, 11) is 0. The first-order valence-corrected chi connectivity index (χ1v) is 6.41. The van der Waals surface area contributed by atoms with E-state index >= 15 is 0 Å². The highest BCUT2D eigenvalue weighted by atomic mass is 35.5. The summed E-state index contributed by atoms with van der Waals surface area (Å²) >= 11 is 7.76. The van der Waals surface area contributed by atoms with Crippen molar-refractivity contribution in [1.29, 1.82) is 0 Å². The lowest BCUT2D eigenvalue weighted by Gasteiger charge is -2.25. The van der Waals surface area contributed by atoms with E-state index in [9.17, 15) is 0 Å². The topological polar surface area (TPSA) is 24.9 Å². The number of hydrogen-bond acceptors (Lipinski definition) is 3. The average molecular weight is 231 g/mol. The second-order valence-corrected chi connectivity index (χ2v) is 5.39. The molecule has 1 fully saturated rings. The highest BCUT2D eigenvalue weighted by Crippen LogP contribution is 2.23. The number of aromatic nitrogens is 1. The van der Waals surface area contributed by atoms with E-state index in [4.69, 9.17) is 11.6 Å².